The molecule has 2 unspecified atom stereocenters. The van der Waals surface area contributed by atoms with Gasteiger partial charge in [-0.25, -0.2) is 4.39 Å². The van der Waals surface area contributed by atoms with Gasteiger partial charge < -0.3 is 5.11 Å². The lowest BCUT2D eigenvalue weighted by Crippen LogP contribution is -2.41. The zero-order chi connectivity index (χ0) is 15.0. The maximum absolute atomic E-state index is 13.3. The molecule has 2 atom stereocenters. The highest BCUT2D eigenvalue weighted by Crippen LogP contribution is 2.43. The van der Waals surface area contributed by atoms with Crippen LogP contribution >= 0.6 is 15.9 Å². The molecule has 1 N–H and O–H groups in total. The number of benzene rings is 1. The maximum Gasteiger partial charge on any atom is 0.391 e. The zero-order valence-electron chi connectivity index (χ0n) is 10.7. The number of rotatable bonds is 2. The molecule has 0 aliphatic heterocycles. The van der Waals surface area contributed by atoms with Gasteiger partial charge in [0.15, 0.2) is 0 Å². The molecule has 1 nitrogen and oxygen atoms in total. The van der Waals surface area contributed by atoms with Crippen molar-refractivity contribution in [2.45, 2.75) is 43.9 Å². The molecule has 0 radical (unpaired) electrons. The Kier molecular flexibility index (Phi) is 4.44. The minimum atomic E-state index is -4.28. The molecular weight excluding hydrogens is 340 g/mol. The molecule has 0 spiro atoms. The molecular formula is C14H15BrF4O. The average Bonchev–Trinajstić information content (AvgIpc) is 2.25. The van der Waals surface area contributed by atoms with Gasteiger partial charge in [-0.2, -0.15) is 13.2 Å². The first-order valence-electron chi connectivity index (χ1n) is 6.42. The quantitative estimate of drug-likeness (QED) is 0.768. The van der Waals surface area contributed by atoms with Crippen LogP contribution in [0.25, 0.3) is 0 Å². The van der Waals surface area contributed by atoms with Crippen LogP contribution in [0.4, 0.5) is 17.6 Å². The molecule has 0 amide bonds. The first-order valence-corrected chi connectivity index (χ1v) is 7.21. The SMILES string of the molecule is OC1(Cc2cc(F)cc(Br)c2)CCCC(C(F)(F)F)C1. The molecule has 112 valence electrons. The van der Waals surface area contributed by atoms with E-state index in [-0.39, 0.29) is 19.3 Å². The van der Waals surface area contributed by atoms with Crippen molar-refractivity contribution in [3.8, 4) is 0 Å². The summed E-state index contributed by atoms with van der Waals surface area (Å²) in [5, 5.41) is 10.4. The van der Waals surface area contributed by atoms with Gasteiger partial charge in [0, 0.05) is 10.9 Å². The van der Waals surface area contributed by atoms with Crippen LogP contribution in [-0.2, 0) is 6.42 Å². The van der Waals surface area contributed by atoms with Crippen LogP contribution in [0.1, 0.15) is 31.2 Å². The van der Waals surface area contributed by atoms with Crippen molar-refractivity contribution < 1.29 is 22.7 Å². The van der Waals surface area contributed by atoms with Crippen molar-refractivity contribution in [2.24, 2.45) is 5.92 Å². The van der Waals surface area contributed by atoms with Crippen LogP contribution < -0.4 is 0 Å². The first-order chi connectivity index (χ1) is 9.18. The molecule has 6 heteroatoms. The standard InChI is InChI=1S/C14H15BrF4O/c15-11-4-9(5-12(16)6-11)7-13(20)3-1-2-10(8-13)14(17,18)19/h4-6,10,20H,1-3,7-8H2. The Bertz CT molecular complexity index is 468. The number of halogens is 5. The van der Waals surface area contributed by atoms with E-state index in [0.29, 0.717) is 22.9 Å². The highest BCUT2D eigenvalue weighted by Gasteiger charge is 2.46. The van der Waals surface area contributed by atoms with Gasteiger partial charge in [0.2, 0.25) is 0 Å². The number of hydrogen-bond donors (Lipinski definition) is 1. The zero-order valence-corrected chi connectivity index (χ0v) is 12.3. The maximum atomic E-state index is 13.3. The van der Waals surface area contributed by atoms with Crippen LogP contribution in [0.5, 0.6) is 0 Å². The Labute approximate surface area is 123 Å². The summed E-state index contributed by atoms with van der Waals surface area (Å²) >= 11 is 3.14. The largest absolute Gasteiger partial charge is 0.391 e. The minimum Gasteiger partial charge on any atom is -0.390 e. The lowest BCUT2D eigenvalue weighted by atomic mass is 9.75. The summed E-state index contributed by atoms with van der Waals surface area (Å²) in [6.45, 7) is 0. The smallest absolute Gasteiger partial charge is 0.390 e. The van der Waals surface area contributed by atoms with Crippen molar-refractivity contribution in [3.05, 3.63) is 34.1 Å². The summed E-state index contributed by atoms with van der Waals surface area (Å²) in [6.07, 6.45) is -3.86. The van der Waals surface area contributed by atoms with Crippen molar-refractivity contribution in [1.29, 1.82) is 0 Å². The molecule has 0 saturated heterocycles. The fraction of sp³-hybridized carbons (Fsp3) is 0.571. The Morgan fingerprint density at radius 1 is 1.30 bits per heavy atom. The van der Waals surface area contributed by atoms with Crippen molar-refractivity contribution in [2.75, 3.05) is 0 Å². The van der Waals surface area contributed by atoms with E-state index in [4.69, 9.17) is 0 Å². The molecule has 0 aromatic heterocycles. The highest BCUT2D eigenvalue weighted by molar-refractivity contribution is 9.10. The summed E-state index contributed by atoms with van der Waals surface area (Å²) in [5.74, 6) is -1.94. The van der Waals surface area contributed by atoms with Crippen LogP contribution in [0.3, 0.4) is 0 Å². The predicted molar refractivity (Wildman–Crippen MR) is 70.8 cm³/mol. The fourth-order valence-corrected chi connectivity index (χ4v) is 3.39. The summed E-state index contributed by atoms with van der Waals surface area (Å²) in [7, 11) is 0. The van der Waals surface area contributed by atoms with Crippen molar-refractivity contribution in [3.63, 3.8) is 0 Å². The second kappa shape index (κ2) is 5.64. The topological polar surface area (TPSA) is 20.2 Å². The van der Waals surface area contributed by atoms with Gasteiger partial charge in [0.25, 0.3) is 0 Å². The normalized spacial score (nSPS) is 27.6. The number of hydrogen-bond acceptors (Lipinski definition) is 1. The molecule has 2 rings (SSSR count). The average molecular weight is 355 g/mol. The van der Waals surface area contributed by atoms with Gasteiger partial charge in [-0.05, 0) is 49.4 Å². The molecule has 1 aromatic carbocycles. The summed E-state index contributed by atoms with van der Waals surface area (Å²) < 4.78 is 52.1. The minimum absolute atomic E-state index is 0.0376. The molecule has 20 heavy (non-hydrogen) atoms. The van der Waals surface area contributed by atoms with E-state index in [1.54, 1.807) is 6.07 Å². The van der Waals surface area contributed by atoms with E-state index in [2.05, 4.69) is 15.9 Å². The highest BCUT2D eigenvalue weighted by atomic mass is 79.9. The third-order valence-corrected chi connectivity index (χ3v) is 4.20. The van der Waals surface area contributed by atoms with E-state index in [1.807, 2.05) is 0 Å². The van der Waals surface area contributed by atoms with E-state index in [1.165, 1.54) is 12.1 Å². The Hall–Kier alpha value is -0.620. The van der Waals surface area contributed by atoms with Gasteiger partial charge in [-0.3, -0.25) is 0 Å². The van der Waals surface area contributed by atoms with E-state index in [9.17, 15) is 22.7 Å². The predicted octanol–water partition coefficient (Wildman–Crippen LogP) is 4.61. The molecule has 1 aliphatic carbocycles. The molecule has 0 bridgehead atoms. The monoisotopic (exact) mass is 354 g/mol. The summed E-state index contributed by atoms with van der Waals surface area (Å²) in [4.78, 5) is 0. The van der Waals surface area contributed by atoms with Crippen molar-refractivity contribution >= 4 is 15.9 Å². The molecule has 1 saturated carbocycles. The Balaban J connectivity index is 2.14. The Morgan fingerprint density at radius 2 is 2.00 bits per heavy atom. The van der Waals surface area contributed by atoms with E-state index < -0.39 is 23.5 Å². The molecule has 0 heterocycles. The Morgan fingerprint density at radius 3 is 2.60 bits per heavy atom. The molecule has 1 aliphatic rings. The second-order valence-corrected chi connectivity index (χ2v) is 6.43. The number of aliphatic hydroxyl groups is 1. The van der Waals surface area contributed by atoms with Gasteiger partial charge in [0.05, 0.1) is 11.5 Å². The van der Waals surface area contributed by atoms with Crippen molar-refractivity contribution in [1.82, 2.24) is 0 Å². The van der Waals surface area contributed by atoms with Crippen LogP contribution in [0, 0.1) is 11.7 Å². The summed E-state index contributed by atoms with van der Waals surface area (Å²) in [5.41, 5.74) is -0.909. The summed E-state index contributed by atoms with van der Waals surface area (Å²) in [6, 6.07) is 4.14. The third kappa shape index (κ3) is 3.95. The van der Waals surface area contributed by atoms with Gasteiger partial charge in [0.1, 0.15) is 5.82 Å². The van der Waals surface area contributed by atoms with Crippen LogP contribution in [-0.4, -0.2) is 16.9 Å². The van der Waals surface area contributed by atoms with E-state index >= 15 is 0 Å². The van der Waals surface area contributed by atoms with Gasteiger partial charge in [-0.15, -0.1) is 0 Å². The van der Waals surface area contributed by atoms with Crippen LogP contribution in [0.15, 0.2) is 22.7 Å². The third-order valence-electron chi connectivity index (χ3n) is 3.74. The van der Waals surface area contributed by atoms with Gasteiger partial charge in [-0.1, -0.05) is 15.9 Å². The van der Waals surface area contributed by atoms with E-state index in [0.717, 1.165) is 0 Å². The number of alkyl halides is 3. The second-order valence-electron chi connectivity index (χ2n) is 5.51. The molecule has 1 aromatic rings. The first kappa shape index (κ1) is 15.8. The van der Waals surface area contributed by atoms with Crippen LogP contribution in [0.2, 0.25) is 0 Å². The van der Waals surface area contributed by atoms with Gasteiger partial charge >= 0.3 is 6.18 Å². The molecule has 1 fully saturated rings. The lowest BCUT2D eigenvalue weighted by molar-refractivity contribution is -0.200. The fourth-order valence-electron chi connectivity index (χ4n) is 2.87. The lowest BCUT2D eigenvalue weighted by Gasteiger charge is -2.37.